The standard InChI is InChI=1S/C37H29ClFN3O6/c1-3-37(46)27-13-31-33-24(15-42(31)34(43)26(27)17-47-35(37)44)32(23-12-28(38)29(39)14-30(23)41-33)18(2)40-36(45)48-16-25-21-10-6-4-8-19(21)20-9-5-7-11-22(20)25/h4-14,18,25,46H,3,15-17H2,1-2H3,(H,40,45)/t18-,37+/m1/s1. The molecule has 1 amide bonds. The van der Waals surface area contributed by atoms with Crippen LogP contribution < -0.4 is 10.9 Å². The quantitative estimate of drug-likeness (QED) is 0.203. The van der Waals surface area contributed by atoms with E-state index in [1.54, 1.807) is 19.9 Å². The van der Waals surface area contributed by atoms with Gasteiger partial charge in [-0.2, -0.15) is 0 Å². The van der Waals surface area contributed by atoms with Crippen LogP contribution in [0.15, 0.2) is 71.5 Å². The molecule has 0 radical (unpaired) electrons. The molecule has 0 unspecified atom stereocenters. The molecular formula is C37H29ClFN3O6. The lowest BCUT2D eigenvalue weighted by Gasteiger charge is -2.31. The first-order chi connectivity index (χ1) is 23.1. The molecule has 11 heteroatoms. The van der Waals surface area contributed by atoms with E-state index >= 15 is 0 Å². The number of amides is 1. The fourth-order valence-corrected chi connectivity index (χ4v) is 7.65. The highest BCUT2D eigenvalue weighted by atomic mass is 35.5. The Hall–Kier alpha value is -5.06. The van der Waals surface area contributed by atoms with E-state index in [-0.39, 0.29) is 53.8 Å². The Bertz CT molecular complexity index is 2240. The second-order valence-electron chi connectivity index (χ2n) is 12.4. The lowest BCUT2D eigenvalue weighted by atomic mass is 9.86. The number of hydrogen-bond acceptors (Lipinski definition) is 7. The molecule has 3 aliphatic rings. The molecule has 2 aliphatic heterocycles. The molecule has 3 aromatic carbocycles. The number of carbonyl (C=O) groups excluding carboxylic acids is 2. The number of nitrogens with one attached hydrogen (secondary N) is 1. The topological polar surface area (TPSA) is 120 Å². The van der Waals surface area contributed by atoms with Crippen molar-refractivity contribution in [1.29, 1.82) is 0 Å². The second-order valence-corrected chi connectivity index (χ2v) is 12.8. The molecule has 2 aromatic heterocycles. The predicted octanol–water partition coefficient (Wildman–Crippen LogP) is 6.47. The number of alkyl carbamates (subject to hydrolysis) is 1. The van der Waals surface area contributed by atoms with Crippen molar-refractivity contribution in [3.8, 4) is 22.5 Å². The molecular weight excluding hydrogens is 637 g/mol. The van der Waals surface area contributed by atoms with Gasteiger partial charge in [-0.05, 0) is 53.3 Å². The van der Waals surface area contributed by atoms with Gasteiger partial charge in [-0.1, -0.05) is 67.1 Å². The summed E-state index contributed by atoms with van der Waals surface area (Å²) < 4.78 is 27.3. The molecule has 48 heavy (non-hydrogen) atoms. The highest BCUT2D eigenvalue weighted by Crippen LogP contribution is 2.45. The van der Waals surface area contributed by atoms with Crippen molar-refractivity contribution in [1.82, 2.24) is 14.9 Å². The average Bonchev–Trinajstić information content (AvgIpc) is 3.61. The van der Waals surface area contributed by atoms with Crippen LogP contribution in [0.2, 0.25) is 5.02 Å². The minimum absolute atomic E-state index is 0.00418. The largest absolute Gasteiger partial charge is 0.458 e. The van der Waals surface area contributed by atoms with Crippen LogP contribution in [0.25, 0.3) is 33.4 Å². The number of fused-ring (bicyclic) bond motifs is 8. The summed E-state index contributed by atoms with van der Waals surface area (Å²) in [4.78, 5) is 44.5. The summed E-state index contributed by atoms with van der Waals surface area (Å²) in [6.45, 7) is 3.33. The molecule has 0 saturated heterocycles. The number of aliphatic hydroxyl groups is 1. The first-order valence-electron chi connectivity index (χ1n) is 15.7. The summed E-state index contributed by atoms with van der Waals surface area (Å²) in [6, 6.07) is 19.7. The number of benzene rings is 3. The minimum atomic E-state index is -2.00. The van der Waals surface area contributed by atoms with Crippen molar-refractivity contribution in [2.45, 2.75) is 51.0 Å². The van der Waals surface area contributed by atoms with Crippen molar-refractivity contribution in [3.05, 3.63) is 121 Å². The summed E-state index contributed by atoms with van der Waals surface area (Å²) in [6.07, 6.45) is -0.654. The summed E-state index contributed by atoms with van der Waals surface area (Å²) in [5, 5.41) is 14.6. The van der Waals surface area contributed by atoms with E-state index in [0.717, 1.165) is 22.3 Å². The van der Waals surface area contributed by atoms with Crippen LogP contribution in [0.3, 0.4) is 0 Å². The fraction of sp³-hybridized carbons (Fsp3) is 0.243. The van der Waals surface area contributed by atoms with Gasteiger partial charge in [0.1, 0.15) is 19.0 Å². The van der Waals surface area contributed by atoms with Crippen molar-refractivity contribution in [2.75, 3.05) is 6.61 Å². The zero-order valence-corrected chi connectivity index (χ0v) is 26.7. The predicted molar refractivity (Wildman–Crippen MR) is 176 cm³/mol. The fourth-order valence-electron chi connectivity index (χ4n) is 7.49. The number of ether oxygens (including phenoxy) is 2. The number of aromatic nitrogens is 2. The number of carbonyl (C=O) groups is 2. The van der Waals surface area contributed by atoms with Gasteiger partial charge < -0.3 is 24.5 Å². The number of esters is 1. The first-order valence-corrected chi connectivity index (χ1v) is 16.1. The first kappa shape index (κ1) is 30.3. The van der Waals surface area contributed by atoms with E-state index in [2.05, 4.69) is 17.4 Å². The van der Waals surface area contributed by atoms with E-state index in [0.29, 0.717) is 27.9 Å². The Morgan fingerprint density at radius 3 is 2.50 bits per heavy atom. The molecule has 4 heterocycles. The third-order valence-electron chi connectivity index (χ3n) is 9.88. The van der Waals surface area contributed by atoms with E-state index < -0.39 is 35.1 Å². The van der Waals surface area contributed by atoms with Crippen LogP contribution in [0.4, 0.5) is 9.18 Å². The molecule has 1 aliphatic carbocycles. The Labute approximate surface area is 278 Å². The van der Waals surface area contributed by atoms with Gasteiger partial charge in [-0.15, -0.1) is 0 Å². The Morgan fingerprint density at radius 2 is 1.81 bits per heavy atom. The molecule has 0 fully saturated rings. The molecule has 0 bridgehead atoms. The maximum absolute atomic E-state index is 14.8. The molecule has 2 atom stereocenters. The van der Waals surface area contributed by atoms with Gasteiger partial charge in [0.25, 0.3) is 5.56 Å². The maximum Gasteiger partial charge on any atom is 0.407 e. The Balaban J connectivity index is 1.16. The number of pyridine rings is 2. The van der Waals surface area contributed by atoms with Gasteiger partial charge in [-0.25, -0.2) is 19.0 Å². The van der Waals surface area contributed by atoms with E-state index in [1.165, 1.54) is 16.7 Å². The number of hydrogen-bond donors (Lipinski definition) is 2. The van der Waals surface area contributed by atoms with Gasteiger partial charge >= 0.3 is 12.1 Å². The SMILES string of the molecule is CC[C@@]1(O)C(=O)OCc2c1cc1n(c2=O)Cc2c-1nc1cc(F)c(Cl)cc1c2[C@@H](C)NC(=O)OCC1c2ccccc2-c2ccccc21. The van der Waals surface area contributed by atoms with Gasteiger partial charge in [0.2, 0.25) is 0 Å². The summed E-state index contributed by atoms with van der Waals surface area (Å²) in [5.41, 5.74) is 4.51. The van der Waals surface area contributed by atoms with E-state index in [9.17, 15) is 23.9 Å². The monoisotopic (exact) mass is 665 g/mol. The third kappa shape index (κ3) is 4.39. The van der Waals surface area contributed by atoms with Crippen LogP contribution in [0.1, 0.15) is 65.6 Å². The van der Waals surface area contributed by atoms with Gasteiger partial charge in [0.15, 0.2) is 5.60 Å². The lowest BCUT2D eigenvalue weighted by molar-refractivity contribution is -0.172. The molecule has 0 spiro atoms. The number of rotatable bonds is 5. The van der Waals surface area contributed by atoms with Crippen molar-refractivity contribution in [2.24, 2.45) is 0 Å². The minimum Gasteiger partial charge on any atom is -0.458 e. The lowest BCUT2D eigenvalue weighted by Crippen LogP contribution is -2.44. The Morgan fingerprint density at radius 1 is 1.12 bits per heavy atom. The smallest absolute Gasteiger partial charge is 0.407 e. The van der Waals surface area contributed by atoms with Crippen LogP contribution in [0.5, 0.6) is 0 Å². The van der Waals surface area contributed by atoms with Gasteiger partial charge in [0, 0.05) is 28.5 Å². The molecule has 9 nitrogen and oxygen atoms in total. The van der Waals surface area contributed by atoms with Crippen LogP contribution >= 0.6 is 11.6 Å². The Kier molecular flexibility index (Phi) is 6.94. The molecule has 5 aromatic rings. The van der Waals surface area contributed by atoms with Crippen LogP contribution in [-0.2, 0) is 33.0 Å². The number of cyclic esters (lactones) is 1. The molecule has 242 valence electrons. The summed E-state index contributed by atoms with van der Waals surface area (Å²) >= 11 is 6.24. The van der Waals surface area contributed by atoms with Gasteiger partial charge in [-0.3, -0.25) is 4.79 Å². The zero-order valence-electron chi connectivity index (χ0n) is 26.0. The third-order valence-corrected chi connectivity index (χ3v) is 10.2. The normalized spacial score (nSPS) is 18.0. The van der Waals surface area contributed by atoms with Crippen molar-refractivity contribution in [3.63, 3.8) is 0 Å². The zero-order chi connectivity index (χ0) is 33.5. The van der Waals surface area contributed by atoms with Crippen molar-refractivity contribution >= 4 is 34.6 Å². The van der Waals surface area contributed by atoms with Crippen molar-refractivity contribution < 1.29 is 28.6 Å². The van der Waals surface area contributed by atoms with E-state index in [1.807, 2.05) is 36.4 Å². The van der Waals surface area contributed by atoms with E-state index in [4.69, 9.17) is 26.1 Å². The summed E-state index contributed by atoms with van der Waals surface area (Å²) in [7, 11) is 0. The summed E-state index contributed by atoms with van der Waals surface area (Å²) in [5.74, 6) is -1.63. The highest BCUT2D eigenvalue weighted by Gasteiger charge is 2.45. The average molecular weight is 666 g/mol. The highest BCUT2D eigenvalue weighted by molar-refractivity contribution is 6.31. The van der Waals surface area contributed by atoms with Gasteiger partial charge in [0.05, 0.1) is 40.1 Å². The number of nitrogens with zero attached hydrogens (tertiary/aromatic N) is 2. The van der Waals surface area contributed by atoms with Crippen LogP contribution in [-0.4, -0.2) is 33.3 Å². The number of halogens is 2. The van der Waals surface area contributed by atoms with Crippen LogP contribution in [0, 0.1) is 5.82 Å². The molecule has 0 saturated carbocycles. The second kappa shape index (κ2) is 11.0. The molecule has 2 N–H and O–H groups in total. The molecule has 8 rings (SSSR count). The maximum atomic E-state index is 14.8.